The molecule has 0 heterocycles. The largest absolute Gasteiger partial charge is 0.512 e. The Labute approximate surface area is 176 Å². The third kappa shape index (κ3) is 4.69. The molecule has 0 radical (unpaired) electrons. The fourth-order valence-electron chi connectivity index (χ4n) is 4.35. The predicted octanol–water partition coefficient (Wildman–Crippen LogP) is 5.61. The zero-order valence-corrected chi connectivity index (χ0v) is 18.7. The van der Waals surface area contributed by atoms with Crippen molar-refractivity contribution in [1.29, 1.82) is 0 Å². The van der Waals surface area contributed by atoms with Crippen LogP contribution in [0.1, 0.15) is 47.6 Å². The maximum atomic E-state index is 13.0. The summed E-state index contributed by atoms with van der Waals surface area (Å²) in [7, 11) is -1.11. The van der Waals surface area contributed by atoms with E-state index in [4.69, 9.17) is 0 Å². The molecule has 0 bridgehead atoms. The van der Waals surface area contributed by atoms with Crippen LogP contribution in [0.15, 0.2) is 47.1 Å². The van der Waals surface area contributed by atoms with Crippen molar-refractivity contribution in [2.24, 2.45) is 11.8 Å². The monoisotopic (exact) mass is 410 g/mol. The minimum absolute atomic E-state index is 0.00621. The Hall–Kier alpha value is -2.20. The van der Waals surface area contributed by atoms with Crippen molar-refractivity contribution in [3.05, 3.63) is 70.0 Å². The highest BCUT2D eigenvalue weighted by Crippen LogP contribution is 2.38. The van der Waals surface area contributed by atoms with Crippen LogP contribution in [0.2, 0.25) is 0 Å². The highest BCUT2D eigenvalue weighted by molar-refractivity contribution is 7.85. The summed E-state index contributed by atoms with van der Waals surface area (Å²) in [5.74, 6) is 0.736. The number of ketones is 1. The lowest BCUT2D eigenvalue weighted by Gasteiger charge is -2.29. The van der Waals surface area contributed by atoms with E-state index in [-0.39, 0.29) is 23.4 Å². The van der Waals surface area contributed by atoms with Gasteiger partial charge in [-0.2, -0.15) is 0 Å². The molecule has 2 aromatic carbocycles. The van der Waals surface area contributed by atoms with Crippen molar-refractivity contribution in [2.45, 2.75) is 52.4 Å². The predicted molar refractivity (Wildman–Crippen MR) is 120 cm³/mol. The molecule has 1 aliphatic carbocycles. The van der Waals surface area contributed by atoms with Gasteiger partial charge >= 0.3 is 0 Å². The molecule has 0 saturated carbocycles. The lowest BCUT2D eigenvalue weighted by atomic mass is 9.77. The first-order valence-corrected chi connectivity index (χ1v) is 11.5. The minimum atomic E-state index is -1.11. The summed E-state index contributed by atoms with van der Waals surface area (Å²) in [6, 6.07) is 11.8. The van der Waals surface area contributed by atoms with E-state index < -0.39 is 10.8 Å². The molecule has 3 rings (SSSR count). The molecule has 0 spiro atoms. The Bertz CT molecular complexity index is 963. The van der Waals surface area contributed by atoms with Crippen molar-refractivity contribution in [3.63, 3.8) is 0 Å². The van der Waals surface area contributed by atoms with Crippen molar-refractivity contribution in [2.75, 3.05) is 5.75 Å². The summed E-state index contributed by atoms with van der Waals surface area (Å²) in [5, 5.41) is 10.8. The molecular formula is C25H30O3S. The summed E-state index contributed by atoms with van der Waals surface area (Å²) in [6.45, 7) is 10.1. The Morgan fingerprint density at radius 3 is 2.14 bits per heavy atom. The van der Waals surface area contributed by atoms with E-state index >= 15 is 0 Å². The van der Waals surface area contributed by atoms with Gasteiger partial charge in [0.25, 0.3) is 0 Å². The van der Waals surface area contributed by atoms with E-state index in [1.165, 1.54) is 0 Å². The maximum Gasteiger partial charge on any atom is 0.167 e. The number of Topliss-reactive ketones (excluding diaryl/α,β-unsaturated/α-hetero) is 1. The Morgan fingerprint density at radius 2 is 1.59 bits per heavy atom. The number of aryl methyl sites for hydroxylation is 4. The molecule has 3 nitrogen and oxygen atoms in total. The van der Waals surface area contributed by atoms with Crippen LogP contribution in [0.3, 0.4) is 0 Å². The minimum Gasteiger partial charge on any atom is -0.512 e. The van der Waals surface area contributed by atoms with Gasteiger partial charge in [0.1, 0.15) is 5.76 Å². The Balaban J connectivity index is 1.79. The molecule has 29 heavy (non-hydrogen) atoms. The molecule has 0 fully saturated rings. The first kappa shape index (κ1) is 21.5. The van der Waals surface area contributed by atoms with Crippen LogP contribution in [0.25, 0.3) is 5.57 Å². The summed E-state index contributed by atoms with van der Waals surface area (Å²) in [5.41, 5.74) is 5.67. The number of aliphatic hydroxyl groups is 1. The van der Waals surface area contributed by atoms with E-state index in [0.717, 1.165) is 32.7 Å². The number of benzene rings is 2. The fourth-order valence-corrected chi connectivity index (χ4v) is 5.73. The normalized spacial score (nSPS) is 19.3. The molecule has 0 amide bonds. The highest BCUT2D eigenvalue weighted by atomic mass is 32.2. The van der Waals surface area contributed by atoms with E-state index in [1.54, 1.807) is 0 Å². The molecular weight excluding hydrogens is 380 g/mol. The number of carbonyl (C=O) groups is 1. The van der Waals surface area contributed by atoms with Crippen LogP contribution in [0.5, 0.6) is 0 Å². The first-order chi connectivity index (χ1) is 13.7. The zero-order chi connectivity index (χ0) is 21.3. The standard InChI is InChI=1S/C25H30O3S/c1-15-6-8-21(9-7-15)29(28)14-19(5)20-12-22(26)25(23(27)13-20)24-17(3)10-16(2)11-18(24)4/h6-11,19-20,26H,12-14H2,1-5H3. The molecule has 0 saturated heterocycles. The van der Waals surface area contributed by atoms with Crippen molar-refractivity contribution in [1.82, 2.24) is 0 Å². The van der Waals surface area contributed by atoms with Gasteiger partial charge < -0.3 is 5.11 Å². The van der Waals surface area contributed by atoms with Gasteiger partial charge in [-0.25, -0.2) is 0 Å². The number of rotatable bonds is 5. The zero-order valence-electron chi connectivity index (χ0n) is 17.9. The van der Waals surface area contributed by atoms with Crippen molar-refractivity contribution >= 4 is 22.2 Å². The van der Waals surface area contributed by atoms with Gasteiger partial charge in [-0.15, -0.1) is 0 Å². The van der Waals surface area contributed by atoms with Gasteiger partial charge in [-0.1, -0.05) is 42.3 Å². The van der Waals surface area contributed by atoms with E-state index in [0.29, 0.717) is 24.2 Å². The van der Waals surface area contributed by atoms with E-state index in [9.17, 15) is 14.1 Å². The van der Waals surface area contributed by atoms with Crippen LogP contribution in [-0.4, -0.2) is 20.9 Å². The van der Waals surface area contributed by atoms with E-state index in [1.807, 2.05) is 58.9 Å². The highest BCUT2D eigenvalue weighted by Gasteiger charge is 2.33. The molecule has 0 aliphatic heterocycles. The van der Waals surface area contributed by atoms with Crippen molar-refractivity contribution < 1.29 is 14.1 Å². The molecule has 3 atom stereocenters. The topological polar surface area (TPSA) is 54.4 Å². The Morgan fingerprint density at radius 1 is 1.00 bits per heavy atom. The molecule has 1 aliphatic rings. The fraction of sp³-hybridized carbons (Fsp3) is 0.400. The molecule has 0 aromatic heterocycles. The molecule has 1 N–H and O–H groups in total. The van der Waals surface area contributed by atoms with Crippen LogP contribution >= 0.6 is 0 Å². The molecule has 154 valence electrons. The van der Waals surface area contributed by atoms with Crippen LogP contribution in [0, 0.1) is 39.5 Å². The maximum absolute atomic E-state index is 13.0. The second-order valence-corrected chi connectivity index (χ2v) is 9.99. The van der Waals surface area contributed by atoms with Gasteiger partial charge in [-0.3, -0.25) is 9.00 Å². The van der Waals surface area contributed by atoms with Crippen LogP contribution < -0.4 is 0 Å². The number of hydrogen-bond acceptors (Lipinski definition) is 3. The van der Waals surface area contributed by atoms with Crippen LogP contribution in [-0.2, 0) is 15.6 Å². The quantitative estimate of drug-likeness (QED) is 0.697. The van der Waals surface area contributed by atoms with Gasteiger partial charge in [-0.05, 0) is 68.4 Å². The van der Waals surface area contributed by atoms with E-state index in [2.05, 4.69) is 12.1 Å². The summed E-state index contributed by atoms with van der Waals surface area (Å²) >= 11 is 0. The lowest BCUT2D eigenvalue weighted by Crippen LogP contribution is -2.27. The third-order valence-electron chi connectivity index (χ3n) is 5.90. The van der Waals surface area contributed by atoms with Gasteiger partial charge in [0, 0.05) is 23.5 Å². The molecule has 2 aromatic rings. The number of allylic oxidation sites excluding steroid dienone is 2. The number of hydrogen-bond donors (Lipinski definition) is 1. The van der Waals surface area contributed by atoms with Gasteiger partial charge in [0.05, 0.1) is 16.4 Å². The van der Waals surface area contributed by atoms with Crippen molar-refractivity contribution in [3.8, 4) is 0 Å². The summed E-state index contributed by atoms with van der Waals surface area (Å²) < 4.78 is 12.7. The van der Waals surface area contributed by atoms with Gasteiger partial charge in [0.15, 0.2) is 5.78 Å². The average Bonchev–Trinajstić information content (AvgIpc) is 2.63. The number of carbonyl (C=O) groups excluding carboxylic acids is 1. The van der Waals surface area contributed by atoms with Crippen LogP contribution in [0.4, 0.5) is 0 Å². The SMILES string of the molecule is Cc1ccc(S(=O)CC(C)C2CC(=O)C(c3c(C)cc(C)cc3C)=C(O)C2)cc1. The number of aliphatic hydroxyl groups excluding tert-OH is 1. The summed E-state index contributed by atoms with van der Waals surface area (Å²) in [6.07, 6.45) is 0.846. The Kier molecular flexibility index (Phi) is 6.42. The lowest BCUT2D eigenvalue weighted by molar-refractivity contribution is -0.115. The second kappa shape index (κ2) is 8.66. The molecule has 4 heteroatoms. The second-order valence-electron chi connectivity index (χ2n) is 8.49. The average molecular weight is 411 g/mol. The first-order valence-electron chi connectivity index (χ1n) is 10.2. The molecule has 3 unspecified atom stereocenters. The third-order valence-corrected chi connectivity index (χ3v) is 7.53. The smallest absolute Gasteiger partial charge is 0.167 e. The van der Waals surface area contributed by atoms with Gasteiger partial charge in [0.2, 0.25) is 0 Å². The summed E-state index contributed by atoms with van der Waals surface area (Å²) in [4.78, 5) is 13.8.